The predicted octanol–water partition coefficient (Wildman–Crippen LogP) is 0.722. The third-order valence-electron chi connectivity index (χ3n) is 1.97. The highest BCUT2D eigenvalue weighted by atomic mass is 32.2. The summed E-state index contributed by atoms with van der Waals surface area (Å²) >= 11 is 0. The van der Waals surface area contributed by atoms with Crippen molar-refractivity contribution >= 4 is 15.9 Å². The summed E-state index contributed by atoms with van der Waals surface area (Å²) in [4.78, 5) is 0.240. The smallest absolute Gasteiger partial charge is 0.313 e. The number of hydrogen-bond acceptors (Lipinski definition) is 6. The fourth-order valence-corrected chi connectivity index (χ4v) is 1.83. The molecule has 0 spiro atoms. The van der Waals surface area contributed by atoms with Gasteiger partial charge < -0.3 is 10.2 Å². The second kappa shape index (κ2) is 3.60. The van der Waals surface area contributed by atoms with Crippen LogP contribution in [0.4, 0.5) is 6.01 Å². The number of sulfone groups is 1. The first kappa shape index (κ1) is 10.6. The lowest BCUT2D eigenvalue weighted by Crippen LogP contribution is -1.96. The van der Waals surface area contributed by atoms with Gasteiger partial charge in [0.25, 0.3) is 0 Å². The lowest BCUT2D eigenvalue weighted by Gasteiger charge is -1.98. The zero-order valence-electron chi connectivity index (χ0n) is 8.41. The minimum atomic E-state index is -3.19. The molecule has 7 heteroatoms. The van der Waals surface area contributed by atoms with E-state index in [-0.39, 0.29) is 16.8 Å². The summed E-state index contributed by atoms with van der Waals surface area (Å²) in [7, 11) is -3.19. The molecule has 84 valence electrons. The number of anilines is 1. The van der Waals surface area contributed by atoms with Crippen molar-refractivity contribution in [3.05, 3.63) is 24.3 Å². The van der Waals surface area contributed by atoms with Crippen molar-refractivity contribution in [2.75, 3.05) is 12.0 Å². The van der Waals surface area contributed by atoms with Crippen molar-refractivity contribution in [3.63, 3.8) is 0 Å². The number of hydrogen-bond donors (Lipinski definition) is 1. The van der Waals surface area contributed by atoms with Gasteiger partial charge in [-0.3, -0.25) is 0 Å². The zero-order valence-corrected chi connectivity index (χ0v) is 9.23. The summed E-state index contributed by atoms with van der Waals surface area (Å²) in [5, 5.41) is 7.19. The minimum Gasteiger partial charge on any atom is -0.404 e. The normalized spacial score (nSPS) is 11.6. The van der Waals surface area contributed by atoms with Crippen molar-refractivity contribution in [1.82, 2.24) is 10.2 Å². The molecule has 2 rings (SSSR count). The second-order valence-corrected chi connectivity index (χ2v) is 5.26. The lowest BCUT2D eigenvalue weighted by molar-refractivity contribution is 0.589. The average Bonchev–Trinajstić information content (AvgIpc) is 2.64. The highest BCUT2D eigenvalue weighted by Gasteiger charge is 2.09. The Morgan fingerprint density at radius 3 is 2.25 bits per heavy atom. The van der Waals surface area contributed by atoms with E-state index in [0.29, 0.717) is 5.56 Å². The van der Waals surface area contributed by atoms with E-state index in [1.165, 1.54) is 12.1 Å². The van der Waals surface area contributed by atoms with Crippen LogP contribution in [0.5, 0.6) is 0 Å². The average molecular weight is 239 g/mol. The standard InChI is InChI=1S/C9H9N3O3S/c1-16(13,14)7-4-2-6(3-5-7)8-11-12-9(10)15-8/h2-5H,1H3,(H2,10,12). The van der Waals surface area contributed by atoms with Gasteiger partial charge in [-0.15, -0.1) is 5.10 Å². The van der Waals surface area contributed by atoms with Gasteiger partial charge >= 0.3 is 6.01 Å². The Morgan fingerprint density at radius 1 is 1.19 bits per heavy atom. The first-order valence-corrected chi connectivity index (χ1v) is 6.25. The van der Waals surface area contributed by atoms with E-state index < -0.39 is 9.84 Å². The van der Waals surface area contributed by atoms with Crippen LogP contribution >= 0.6 is 0 Å². The number of nitrogen functional groups attached to an aromatic ring is 1. The molecule has 1 aromatic heterocycles. The molecule has 2 aromatic rings. The van der Waals surface area contributed by atoms with Gasteiger partial charge in [0, 0.05) is 11.8 Å². The molecule has 0 aliphatic carbocycles. The fraction of sp³-hybridized carbons (Fsp3) is 0.111. The second-order valence-electron chi connectivity index (χ2n) is 3.24. The number of nitrogens with zero attached hydrogens (tertiary/aromatic N) is 2. The number of benzene rings is 1. The minimum absolute atomic E-state index is 0.0258. The molecule has 0 aliphatic heterocycles. The van der Waals surface area contributed by atoms with Crippen LogP contribution in [0.3, 0.4) is 0 Å². The Hall–Kier alpha value is -1.89. The molecule has 0 saturated carbocycles. The largest absolute Gasteiger partial charge is 0.404 e. The third-order valence-corrected chi connectivity index (χ3v) is 3.10. The Labute approximate surface area is 92.0 Å². The zero-order chi connectivity index (χ0) is 11.8. The van der Waals surface area contributed by atoms with E-state index in [1.807, 2.05) is 0 Å². The molecule has 0 radical (unpaired) electrons. The maximum Gasteiger partial charge on any atom is 0.313 e. The van der Waals surface area contributed by atoms with Crippen molar-refractivity contribution in [2.24, 2.45) is 0 Å². The third kappa shape index (κ3) is 2.03. The number of nitrogens with two attached hydrogens (primary N) is 1. The fourth-order valence-electron chi connectivity index (χ4n) is 1.20. The SMILES string of the molecule is CS(=O)(=O)c1ccc(-c2nnc(N)o2)cc1. The Morgan fingerprint density at radius 2 is 1.81 bits per heavy atom. The van der Waals surface area contributed by atoms with Gasteiger partial charge in [-0.05, 0) is 24.3 Å². The van der Waals surface area contributed by atoms with Crippen molar-refractivity contribution in [3.8, 4) is 11.5 Å². The van der Waals surface area contributed by atoms with E-state index in [4.69, 9.17) is 10.2 Å². The predicted molar refractivity (Wildman–Crippen MR) is 57.3 cm³/mol. The maximum absolute atomic E-state index is 11.2. The molecule has 16 heavy (non-hydrogen) atoms. The molecule has 0 fully saturated rings. The van der Waals surface area contributed by atoms with Crippen LogP contribution in [-0.4, -0.2) is 24.9 Å². The molecule has 2 N–H and O–H groups in total. The summed E-state index contributed by atoms with van der Waals surface area (Å²) in [5.41, 5.74) is 5.90. The molecule has 1 aromatic carbocycles. The van der Waals surface area contributed by atoms with Gasteiger partial charge in [0.05, 0.1) is 4.90 Å². The summed E-state index contributed by atoms with van der Waals surface area (Å²) < 4.78 is 27.4. The molecule has 0 amide bonds. The van der Waals surface area contributed by atoms with E-state index in [2.05, 4.69) is 10.2 Å². The van der Waals surface area contributed by atoms with Gasteiger partial charge in [-0.25, -0.2) is 8.42 Å². The van der Waals surface area contributed by atoms with Gasteiger partial charge in [-0.2, -0.15) is 0 Å². The lowest BCUT2D eigenvalue weighted by atomic mass is 10.2. The Bertz CT molecular complexity index is 601. The van der Waals surface area contributed by atoms with Crippen molar-refractivity contribution < 1.29 is 12.8 Å². The van der Waals surface area contributed by atoms with Gasteiger partial charge in [0.2, 0.25) is 5.89 Å². The number of aromatic nitrogens is 2. The summed E-state index contributed by atoms with van der Waals surface area (Å²) in [6.45, 7) is 0. The topological polar surface area (TPSA) is 99.1 Å². The summed E-state index contributed by atoms with van der Waals surface area (Å²) in [6, 6.07) is 6.10. The van der Waals surface area contributed by atoms with Crippen LogP contribution in [0.2, 0.25) is 0 Å². The quantitative estimate of drug-likeness (QED) is 0.829. The first-order valence-electron chi connectivity index (χ1n) is 4.36. The van der Waals surface area contributed by atoms with Gasteiger partial charge in [0.1, 0.15) is 0 Å². The molecule has 0 saturated heterocycles. The highest BCUT2D eigenvalue weighted by molar-refractivity contribution is 7.90. The van der Waals surface area contributed by atoms with E-state index in [1.54, 1.807) is 12.1 Å². The monoisotopic (exact) mass is 239 g/mol. The van der Waals surface area contributed by atoms with Crippen LogP contribution in [-0.2, 0) is 9.84 Å². The van der Waals surface area contributed by atoms with Crippen molar-refractivity contribution in [1.29, 1.82) is 0 Å². The van der Waals surface area contributed by atoms with Crippen LogP contribution in [0.1, 0.15) is 0 Å². The molecule has 6 nitrogen and oxygen atoms in total. The molecular formula is C9H9N3O3S. The Balaban J connectivity index is 2.40. The van der Waals surface area contributed by atoms with Gasteiger partial charge in [0.15, 0.2) is 9.84 Å². The molecular weight excluding hydrogens is 230 g/mol. The summed E-state index contributed by atoms with van der Waals surface area (Å²) in [5.74, 6) is 0.262. The molecule has 0 aliphatic rings. The van der Waals surface area contributed by atoms with E-state index >= 15 is 0 Å². The molecule has 0 bridgehead atoms. The Kier molecular flexibility index (Phi) is 2.39. The molecule has 0 unspecified atom stereocenters. The molecule has 0 atom stereocenters. The van der Waals surface area contributed by atoms with E-state index in [9.17, 15) is 8.42 Å². The number of rotatable bonds is 2. The van der Waals surface area contributed by atoms with Crippen LogP contribution in [0, 0.1) is 0 Å². The van der Waals surface area contributed by atoms with E-state index in [0.717, 1.165) is 6.26 Å². The van der Waals surface area contributed by atoms with Crippen molar-refractivity contribution in [2.45, 2.75) is 4.90 Å². The van der Waals surface area contributed by atoms with Crippen LogP contribution in [0.15, 0.2) is 33.6 Å². The highest BCUT2D eigenvalue weighted by Crippen LogP contribution is 2.20. The van der Waals surface area contributed by atoms with Crippen LogP contribution < -0.4 is 5.73 Å². The first-order chi connectivity index (χ1) is 7.47. The van der Waals surface area contributed by atoms with Gasteiger partial charge in [-0.1, -0.05) is 5.10 Å². The summed E-state index contributed by atoms with van der Waals surface area (Å²) in [6.07, 6.45) is 1.15. The van der Waals surface area contributed by atoms with Crippen LogP contribution in [0.25, 0.3) is 11.5 Å². The maximum atomic E-state index is 11.2. The molecule has 1 heterocycles.